The maximum atomic E-state index is 13.1. The molecular formula is C26H26N2O3. The Bertz CT molecular complexity index is 1180. The summed E-state index contributed by atoms with van der Waals surface area (Å²) < 4.78 is 0. The first-order valence-electron chi connectivity index (χ1n) is 11.1. The molecule has 2 aliphatic heterocycles. The largest absolute Gasteiger partial charge is 0.392 e. The summed E-state index contributed by atoms with van der Waals surface area (Å²) in [5, 5.41) is 23.4. The number of fused-ring (bicyclic) bond motifs is 1. The van der Waals surface area contributed by atoms with Gasteiger partial charge in [0.1, 0.15) is 0 Å². The van der Waals surface area contributed by atoms with Crippen LogP contribution in [0.1, 0.15) is 35.6 Å². The fourth-order valence-corrected chi connectivity index (χ4v) is 5.97. The van der Waals surface area contributed by atoms with E-state index in [4.69, 9.17) is 0 Å². The fraction of sp³-hybridized carbons (Fsp3) is 0.346. The van der Waals surface area contributed by atoms with Crippen molar-refractivity contribution in [3.05, 3.63) is 77.4 Å². The van der Waals surface area contributed by atoms with Crippen molar-refractivity contribution in [2.45, 2.75) is 36.9 Å². The first kappa shape index (κ1) is 19.0. The highest BCUT2D eigenvalue weighted by atomic mass is 16.3. The van der Waals surface area contributed by atoms with Crippen LogP contribution in [0, 0.1) is 0 Å². The van der Waals surface area contributed by atoms with E-state index in [0.717, 1.165) is 38.0 Å². The van der Waals surface area contributed by atoms with Gasteiger partial charge >= 0.3 is 0 Å². The Kier molecular flexibility index (Phi) is 4.22. The summed E-state index contributed by atoms with van der Waals surface area (Å²) in [4.78, 5) is 17.4. The number of para-hydroxylation sites is 1. The van der Waals surface area contributed by atoms with Crippen molar-refractivity contribution in [1.82, 2.24) is 4.90 Å². The molecule has 1 saturated heterocycles. The zero-order valence-electron chi connectivity index (χ0n) is 17.4. The van der Waals surface area contributed by atoms with Gasteiger partial charge in [-0.1, -0.05) is 54.6 Å². The Labute approximate surface area is 181 Å². The van der Waals surface area contributed by atoms with Gasteiger partial charge in [0.25, 0.3) is 5.91 Å². The molecule has 2 N–H and O–H groups in total. The Morgan fingerprint density at radius 2 is 1.71 bits per heavy atom. The highest BCUT2D eigenvalue weighted by Gasteiger charge is 2.51. The highest BCUT2D eigenvalue weighted by molar-refractivity contribution is 6.07. The Balaban J connectivity index is 1.24. The maximum absolute atomic E-state index is 13.1. The number of anilines is 1. The molecule has 31 heavy (non-hydrogen) atoms. The molecule has 1 amide bonds. The average Bonchev–Trinajstić information content (AvgIpc) is 3.30. The molecule has 2 unspecified atom stereocenters. The van der Waals surface area contributed by atoms with Gasteiger partial charge in [-0.25, -0.2) is 0 Å². The number of aliphatic hydroxyl groups is 2. The molecule has 0 radical (unpaired) electrons. The number of hydrogen-bond acceptors (Lipinski definition) is 4. The number of benzene rings is 3. The smallest absolute Gasteiger partial charge is 0.266 e. The van der Waals surface area contributed by atoms with Crippen molar-refractivity contribution in [2.24, 2.45) is 0 Å². The third-order valence-corrected chi connectivity index (χ3v) is 7.51. The van der Waals surface area contributed by atoms with Crippen molar-refractivity contribution in [3.8, 4) is 0 Å². The van der Waals surface area contributed by atoms with Gasteiger partial charge in [-0.3, -0.25) is 9.69 Å². The second-order valence-corrected chi connectivity index (χ2v) is 9.06. The number of nitrogens with zero attached hydrogens (tertiary/aromatic N) is 2. The van der Waals surface area contributed by atoms with Crippen LogP contribution in [-0.2, 0) is 16.8 Å². The lowest BCUT2D eigenvalue weighted by molar-refractivity contribution is -0.140. The second kappa shape index (κ2) is 6.89. The molecule has 0 spiro atoms. The van der Waals surface area contributed by atoms with E-state index in [1.165, 1.54) is 21.9 Å². The van der Waals surface area contributed by atoms with E-state index in [0.29, 0.717) is 11.6 Å². The molecule has 0 saturated carbocycles. The SMILES string of the molecule is O=C1N(C2CCN(C3Cc4cccc5cccc3c45)CC2)c2ccccc2C1(O)CO. The van der Waals surface area contributed by atoms with E-state index in [1.807, 2.05) is 12.1 Å². The number of carbonyl (C=O) groups is 1. The molecule has 3 aromatic rings. The lowest BCUT2D eigenvalue weighted by Gasteiger charge is -2.40. The molecule has 5 nitrogen and oxygen atoms in total. The van der Waals surface area contributed by atoms with Gasteiger partial charge in [0.05, 0.1) is 12.3 Å². The van der Waals surface area contributed by atoms with Gasteiger partial charge in [0.2, 0.25) is 0 Å². The van der Waals surface area contributed by atoms with E-state index in [2.05, 4.69) is 41.3 Å². The Morgan fingerprint density at radius 3 is 2.48 bits per heavy atom. The van der Waals surface area contributed by atoms with Gasteiger partial charge in [-0.15, -0.1) is 0 Å². The van der Waals surface area contributed by atoms with Gasteiger partial charge in [-0.05, 0) is 47.2 Å². The van der Waals surface area contributed by atoms with Crippen LogP contribution in [0.25, 0.3) is 10.8 Å². The number of hydrogen-bond donors (Lipinski definition) is 2. The first-order valence-corrected chi connectivity index (χ1v) is 11.1. The van der Waals surface area contributed by atoms with Crippen LogP contribution in [0.3, 0.4) is 0 Å². The van der Waals surface area contributed by atoms with E-state index < -0.39 is 18.1 Å². The number of aliphatic hydroxyl groups excluding tert-OH is 1. The quantitative estimate of drug-likeness (QED) is 0.691. The van der Waals surface area contributed by atoms with Crippen molar-refractivity contribution in [1.29, 1.82) is 0 Å². The number of amides is 1. The molecule has 3 aliphatic rings. The van der Waals surface area contributed by atoms with Gasteiger partial charge in [0.15, 0.2) is 5.60 Å². The second-order valence-electron chi connectivity index (χ2n) is 9.06. The summed E-state index contributed by atoms with van der Waals surface area (Å²) in [5.74, 6) is -0.396. The molecule has 0 aromatic heterocycles. The van der Waals surface area contributed by atoms with Crippen LogP contribution in [0.5, 0.6) is 0 Å². The predicted molar refractivity (Wildman–Crippen MR) is 120 cm³/mol. The van der Waals surface area contributed by atoms with Crippen LogP contribution < -0.4 is 4.90 Å². The minimum absolute atomic E-state index is 0.0324. The van der Waals surface area contributed by atoms with Crippen molar-refractivity contribution >= 4 is 22.4 Å². The minimum atomic E-state index is -1.82. The van der Waals surface area contributed by atoms with Gasteiger partial charge in [-0.2, -0.15) is 0 Å². The average molecular weight is 415 g/mol. The van der Waals surface area contributed by atoms with E-state index in [9.17, 15) is 15.0 Å². The van der Waals surface area contributed by atoms with Crippen LogP contribution in [0.15, 0.2) is 60.7 Å². The van der Waals surface area contributed by atoms with E-state index in [1.54, 1.807) is 17.0 Å². The van der Waals surface area contributed by atoms with E-state index >= 15 is 0 Å². The van der Waals surface area contributed by atoms with Crippen molar-refractivity contribution in [3.63, 3.8) is 0 Å². The zero-order valence-corrected chi connectivity index (χ0v) is 17.4. The summed E-state index contributed by atoms with van der Waals surface area (Å²) in [6.07, 6.45) is 2.74. The third-order valence-electron chi connectivity index (χ3n) is 7.51. The molecule has 1 aliphatic carbocycles. The molecule has 3 aromatic carbocycles. The summed E-state index contributed by atoms with van der Waals surface area (Å²) >= 11 is 0. The minimum Gasteiger partial charge on any atom is -0.392 e. The number of likely N-dealkylation sites (tertiary alicyclic amines) is 1. The van der Waals surface area contributed by atoms with Crippen LogP contribution >= 0.6 is 0 Å². The fourth-order valence-electron chi connectivity index (χ4n) is 5.97. The molecule has 158 valence electrons. The maximum Gasteiger partial charge on any atom is 0.266 e. The summed E-state index contributed by atoms with van der Waals surface area (Å²) in [6, 6.07) is 20.9. The van der Waals surface area contributed by atoms with E-state index in [-0.39, 0.29) is 6.04 Å². The summed E-state index contributed by atoms with van der Waals surface area (Å²) in [7, 11) is 0. The van der Waals surface area contributed by atoms with Crippen molar-refractivity contribution < 1.29 is 15.0 Å². The molecule has 6 rings (SSSR count). The number of carbonyl (C=O) groups excluding carboxylic acids is 1. The van der Waals surface area contributed by atoms with Gasteiger partial charge in [0, 0.05) is 30.7 Å². The molecule has 1 fully saturated rings. The number of rotatable bonds is 3. The highest BCUT2D eigenvalue weighted by Crippen LogP contribution is 2.44. The zero-order chi connectivity index (χ0) is 21.2. The van der Waals surface area contributed by atoms with Crippen molar-refractivity contribution in [2.75, 3.05) is 24.6 Å². The monoisotopic (exact) mass is 414 g/mol. The molecule has 2 atom stereocenters. The lowest BCUT2D eigenvalue weighted by atomic mass is 9.96. The molecular weight excluding hydrogens is 388 g/mol. The van der Waals surface area contributed by atoms with Crippen LogP contribution in [-0.4, -0.2) is 46.8 Å². The predicted octanol–water partition coefficient (Wildman–Crippen LogP) is 3.13. The number of piperidine rings is 1. The normalized spacial score (nSPS) is 26.1. The molecule has 5 heteroatoms. The van der Waals surface area contributed by atoms with Crippen LogP contribution in [0.2, 0.25) is 0 Å². The third kappa shape index (κ3) is 2.64. The standard InChI is InChI=1S/C26H26N2O3/c29-16-26(31)21-9-1-2-10-22(21)28(25(26)30)19-11-13-27(14-12-19)23-15-18-7-3-5-17-6-4-8-20(23)24(17)18/h1-10,19,23,29,31H,11-16H2. The molecule has 0 bridgehead atoms. The lowest BCUT2D eigenvalue weighted by Crippen LogP contribution is -2.51. The Hall–Kier alpha value is -2.73. The topological polar surface area (TPSA) is 64.0 Å². The summed E-state index contributed by atoms with van der Waals surface area (Å²) in [6.45, 7) is 1.22. The summed E-state index contributed by atoms with van der Waals surface area (Å²) in [5.41, 5.74) is 2.28. The first-order chi connectivity index (χ1) is 15.1. The molecule has 2 heterocycles. The van der Waals surface area contributed by atoms with Crippen LogP contribution in [0.4, 0.5) is 5.69 Å². The van der Waals surface area contributed by atoms with Gasteiger partial charge < -0.3 is 15.1 Å². The Morgan fingerprint density at radius 1 is 0.968 bits per heavy atom.